The van der Waals surface area contributed by atoms with Crippen molar-refractivity contribution in [2.75, 3.05) is 20.2 Å². The first-order valence-corrected chi connectivity index (χ1v) is 6.28. The molecule has 1 amide bonds. The Morgan fingerprint density at radius 1 is 1.44 bits per heavy atom. The van der Waals surface area contributed by atoms with Gasteiger partial charge in [-0.25, -0.2) is 4.79 Å². The number of carbonyl (C=O) groups excluding carboxylic acids is 1. The fourth-order valence-electron chi connectivity index (χ4n) is 1.90. The van der Waals surface area contributed by atoms with E-state index >= 15 is 0 Å². The van der Waals surface area contributed by atoms with Crippen LogP contribution in [-0.2, 0) is 9.57 Å². The van der Waals surface area contributed by atoms with Gasteiger partial charge in [0.1, 0.15) is 5.60 Å². The molecular formula is C12H24N2O4. The van der Waals surface area contributed by atoms with Gasteiger partial charge in [0.25, 0.3) is 0 Å². The lowest BCUT2D eigenvalue weighted by atomic mass is 10.1. The summed E-state index contributed by atoms with van der Waals surface area (Å²) in [7, 11) is 1.50. The zero-order valence-corrected chi connectivity index (χ0v) is 11.6. The number of hydrogen-bond acceptors (Lipinski definition) is 5. The number of nitrogens with one attached hydrogen (secondary N) is 1. The number of carbonyl (C=O) groups is 1. The maximum absolute atomic E-state index is 12.0. The van der Waals surface area contributed by atoms with Gasteiger partial charge in [-0.1, -0.05) is 0 Å². The number of ether oxygens (including phenoxy) is 1. The van der Waals surface area contributed by atoms with Gasteiger partial charge in [0, 0.05) is 13.1 Å². The Kier molecular flexibility index (Phi) is 5.37. The molecular weight excluding hydrogens is 236 g/mol. The first-order chi connectivity index (χ1) is 8.33. The molecule has 2 N–H and O–H groups in total. The van der Waals surface area contributed by atoms with Crippen LogP contribution in [0.15, 0.2) is 0 Å². The number of amides is 1. The number of aliphatic hydroxyl groups is 1. The van der Waals surface area contributed by atoms with Crippen LogP contribution in [0, 0.1) is 0 Å². The Morgan fingerprint density at radius 3 is 2.67 bits per heavy atom. The average molecular weight is 260 g/mol. The van der Waals surface area contributed by atoms with E-state index in [4.69, 9.17) is 9.57 Å². The van der Waals surface area contributed by atoms with Crippen LogP contribution < -0.4 is 5.48 Å². The van der Waals surface area contributed by atoms with Crippen molar-refractivity contribution in [1.29, 1.82) is 0 Å². The third-order valence-corrected chi connectivity index (χ3v) is 2.73. The summed E-state index contributed by atoms with van der Waals surface area (Å²) >= 11 is 0. The zero-order chi connectivity index (χ0) is 13.8. The number of nitrogens with zero attached hydrogens (tertiary/aromatic N) is 1. The molecule has 0 unspecified atom stereocenters. The quantitative estimate of drug-likeness (QED) is 0.722. The van der Waals surface area contributed by atoms with E-state index in [2.05, 4.69) is 5.48 Å². The molecule has 0 aromatic carbocycles. The molecule has 1 fully saturated rings. The smallest absolute Gasteiger partial charge is 0.410 e. The largest absolute Gasteiger partial charge is 0.444 e. The molecule has 0 aromatic heterocycles. The first kappa shape index (κ1) is 15.2. The van der Waals surface area contributed by atoms with Crippen LogP contribution in [0.1, 0.15) is 33.6 Å². The second-order valence-electron chi connectivity index (χ2n) is 5.56. The Hall–Kier alpha value is -0.850. The normalized spacial score (nSPS) is 25.7. The third-order valence-electron chi connectivity index (χ3n) is 2.73. The van der Waals surface area contributed by atoms with Crippen LogP contribution in [0.2, 0.25) is 0 Å². The maximum atomic E-state index is 12.0. The second-order valence-corrected chi connectivity index (χ2v) is 5.56. The number of hydroxylamine groups is 1. The molecule has 0 saturated carbocycles. The summed E-state index contributed by atoms with van der Waals surface area (Å²) in [5.41, 5.74) is 2.21. The van der Waals surface area contributed by atoms with E-state index in [9.17, 15) is 9.90 Å². The van der Waals surface area contributed by atoms with Gasteiger partial charge in [0.15, 0.2) is 0 Å². The van der Waals surface area contributed by atoms with E-state index < -0.39 is 11.7 Å². The van der Waals surface area contributed by atoms with Gasteiger partial charge in [-0.15, -0.1) is 0 Å². The highest BCUT2D eigenvalue weighted by molar-refractivity contribution is 5.68. The zero-order valence-electron chi connectivity index (χ0n) is 11.6. The standard InChI is InChI=1S/C12H24N2O4/c1-12(2,3)18-11(16)14-7-5-6-10(15)9(8-14)13-17-4/h9-10,13,15H,5-8H2,1-4H3/t9-,10-/m1/s1. The van der Waals surface area contributed by atoms with E-state index in [1.807, 2.05) is 20.8 Å². The fourth-order valence-corrected chi connectivity index (χ4v) is 1.90. The number of hydrogen-bond donors (Lipinski definition) is 2. The van der Waals surface area contributed by atoms with E-state index in [0.29, 0.717) is 19.5 Å². The molecule has 1 heterocycles. The maximum Gasteiger partial charge on any atom is 0.410 e. The molecule has 0 radical (unpaired) electrons. The lowest BCUT2D eigenvalue weighted by molar-refractivity contribution is -0.00827. The molecule has 2 atom stereocenters. The van der Waals surface area contributed by atoms with Crippen molar-refractivity contribution in [1.82, 2.24) is 10.4 Å². The fraction of sp³-hybridized carbons (Fsp3) is 0.917. The minimum atomic E-state index is -0.516. The molecule has 6 heteroatoms. The molecule has 106 valence electrons. The van der Waals surface area contributed by atoms with Crippen LogP contribution >= 0.6 is 0 Å². The Bertz CT molecular complexity index is 278. The third kappa shape index (κ3) is 4.80. The highest BCUT2D eigenvalue weighted by atomic mass is 16.6. The van der Waals surface area contributed by atoms with Crippen LogP contribution in [0.4, 0.5) is 4.79 Å². The summed E-state index contributed by atoms with van der Waals surface area (Å²) in [5.74, 6) is 0. The summed E-state index contributed by atoms with van der Waals surface area (Å²) in [6, 6.07) is -0.287. The van der Waals surface area contributed by atoms with Crippen molar-refractivity contribution >= 4 is 6.09 Å². The van der Waals surface area contributed by atoms with Crippen LogP contribution in [0.5, 0.6) is 0 Å². The Balaban J connectivity index is 2.62. The Labute approximate surface area is 108 Å². The van der Waals surface area contributed by atoms with E-state index in [1.165, 1.54) is 7.11 Å². The lowest BCUT2D eigenvalue weighted by Crippen LogP contribution is -2.48. The van der Waals surface area contributed by atoms with Crippen molar-refractivity contribution in [3.63, 3.8) is 0 Å². The molecule has 1 saturated heterocycles. The highest BCUT2D eigenvalue weighted by Gasteiger charge is 2.30. The molecule has 0 aromatic rings. The summed E-state index contributed by atoms with van der Waals surface area (Å²) < 4.78 is 5.33. The minimum Gasteiger partial charge on any atom is -0.444 e. The van der Waals surface area contributed by atoms with Crippen LogP contribution in [0.3, 0.4) is 0 Å². The monoisotopic (exact) mass is 260 g/mol. The molecule has 1 aliphatic heterocycles. The van der Waals surface area contributed by atoms with Gasteiger partial charge in [0.2, 0.25) is 0 Å². The predicted octanol–water partition coefficient (Wildman–Crippen LogP) is 0.898. The molecule has 0 bridgehead atoms. The SMILES string of the molecule is CON[C@@H]1CN(C(=O)OC(C)(C)C)CCC[C@H]1O. The van der Waals surface area contributed by atoms with Crippen LogP contribution in [0.25, 0.3) is 0 Å². The molecule has 1 rings (SSSR count). The summed E-state index contributed by atoms with van der Waals surface area (Å²) in [4.78, 5) is 18.4. The van der Waals surface area contributed by atoms with Crippen molar-refractivity contribution in [2.45, 2.75) is 51.4 Å². The topological polar surface area (TPSA) is 71.0 Å². The number of rotatable bonds is 2. The van der Waals surface area contributed by atoms with Crippen molar-refractivity contribution < 1.29 is 19.5 Å². The van der Waals surface area contributed by atoms with Crippen LogP contribution in [-0.4, -0.2) is 54.0 Å². The summed E-state index contributed by atoms with van der Waals surface area (Å²) in [6.07, 6.45) is 0.528. The first-order valence-electron chi connectivity index (χ1n) is 6.28. The number of likely N-dealkylation sites (tertiary alicyclic amines) is 1. The highest BCUT2D eigenvalue weighted by Crippen LogP contribution is 2.15. The van der Waals surface area contributed by atoms with Gasteiger partial charge in [-0.3, -0.25) is 0 Å². The predicted molar refractivity (Wildman–Crippen MR) is 67.0 cm³/mol. The molecule has 0 aliphatic carbocycles. The minimum absolute atomic E-state index is 0.287. The van der Waals surface area contributed by atoms with Gasteiger partial charge in [-0.2, -0.15) is 5.48 Å². The molecule has 0 spiro atoms. The van der Waals surface area contributed by atoms with E-state index in [0.717, 1.165) is 6.42 Å². The second kappa shape index (κ2) is 6.36. The number of aliphatic hydroxyl groups excluding tert-OH is 1. The lowest BCUT2D eigenvalue weighted by Gasteiger charge is -2.29. The van der Waals surface area contributed by atoms with Gasteiger partial charge >= 0.3 is 6.09 Å². The van der Waals surface area contributed by atoms with E-state index in [1.54, 1.807) is 4.90 Å². The van der Waals surface area contributed by atoms with Crippen molar-refractivity contribution in [3.8, 4) is 0 Å². The average Bonchev–Trinajstić information content (AvgIpc) is 2.40. The Morgan fingerprint density at radius 2 is 2.11 bits per heavy atom. The summed E-state index contributed by atoms with van der Waals surface area (Å²) in [5, 5.41) is 9.89. The van der Waals surface area contributed by atoms with Gasteiger partial charge in [0.05, 0.1) is 19.3 Å². The van der Waals surface area contributed by atoms with Crippen molar-refractivity contribution in [2.24, 2.45) is 0 Å². The van der Waals surface area contributed by atoms with Gasteiger partial charge in [-0.05, 0) is 33.6 Å². The molecule has 6 nitrogen and oxygen atoms in total. The van der Waals surface area contributed by atoms with Gasteiger partial charge < -0.3 is 19.6 Å². The summed E-state index contributed by atoms with van der Waals surface area (Å²) in [6.45, 7) is 6.48. The molecule has 18 heavy (non-hydrogen) atoms. The molecule has 1 aliphatic rings. The van der Waals surface area contributed by atoms with Crippen molar-refractivity contribution in [3.05, 3.63) is 0 Å². The van der Waals surface area contributed by atoms with E-state index in [-0.39, 0.29) is 12.1 Å².